The molecule has 1 aliphatic heterocycles. The van der Waals surface area contributed by atoms with Crippen LogP contribution in [0.1, 0.15) is 23.6 Å². The summed E-state index contributed by atoms with van der Waals surface area (Å²) in [5.41, 5.74) is 2.55. The Morgan fingerprint density at radius 2 is 1.78 bits per heavy atom. The zero-order valence-electron chi connectivity index (χ0n) is 19.3. The van der Waals surface area contributed by atoms with Crippen LogP contribution in [-0.4, -0.2) is 18.5 Å². The highest BCUT2D eigenvalue weighted by Crippen LogP contribution is 2.39. The molecule has 0 radical (unpaired) electrons. The Labute approximate surface area is 222 Å². The smallest absolute Gasteiger partial charge is 0.363 e. The quantitative estimate of drug-likeness (QED) is 0.172. The summed E-state index contributed by atoms with van der Waals surface area (Å²) in [4.78, 5) is 17.2. The second kappa shape index (κ2) is 10.6. The van der Waals surface area contributed by atoms with E-state index in [1.165, 1.54) is 0 Å². The average Bonchev–Trinajstić information content (AvgIpc) is 3.24. The number of halogens is 2. The molecule has 0 bridgehead atoms. The number of aliphatic imine (C=N–C) groups is 1. The van der Waals surface area contributed by atoms with E-state index < -0.39 is 5.97 Å². The summed E-state index contributed by atoms with van der Waals surface area (Å²) < 4.78 is 18.1. The van der Waals surface area contributed by atoms with Crippen LogP contribution in [0, 0.1) is 0 Å². The average molecular weight is 563 g/mol. The Hall–Kier alpha value is -3.61. The second-order valence-corrected chi connectivity index (χ2v) is 9.27. The molecule has 0 N–H and O–H groups in total. The van der Waals surface area contributed by atoms with E-state index in [-0.39, 0.29) is 18.2 Å². The van der Waals surface area contributed by atoms with Crippen LogP contribution in [0.25, 0.3) is 16.8 Å². The number of rotatable bonds is 7. The van der Waals surface area contributed by atoms with Crippen molar-refractivity contribution in [2.45, 2.75) is 13.5 Å². The molecule has 36 heavy (non-hydrogen) atoms. The van der Waals surface area contributed by atoms with Crippen molar-refractivity contribution < 1.29 is 19.0 Å². The van der Waals surface area contributed by atoms with Crippen LogP contribution in [0.5, 0.6) is 11.5 Å². The van der Waals surface area contributed by atoms with Crippen molar-refractivity contribution in [2.75, 3.05) is 6.61 Å². The van der Waals surface area contributed by atoms with Crippen molar-refractivity contribution in [1.82, 2.24) is 0 Å². The summed E-state index contributed by atoms with van der Waals surface area (Å²) in [5, 5.41) is 2.64. The zero-order valence-corrected chi connectivity index (χ0v) is 21.7. The molecule has 0 aromatic heterocycles. The number of carbonyl (C=O) groups is 1. The fourth-order valence-electron chi connectivity index (χ4n) is 3.93. The van der Waals surface area contributed by atoms with Crippen molar-refractivity contribution in [1.29, 1.82) is 0 Å². The monoisotopic (exact) mass is 561 g/mol. The highest BCUT2D eigenvalue weighted by molar-refractivity contribution is 9.10. The standard InChI is InChI=1S/C29H21BrClNO4/c1-2-34-26-16-18(14-23(30)27(26)35-17-20-9-4-6-13-24(20)31)15-25-29(33)36-28(32-25)22-12-7-10-19-8-3-5-11-21(19)22/h3-16H,2,17H2,1H3/b25-15-. The lowest BCUT2D eigenvalue weighted by Crippen LogP contribution is -2.06. The van der Waals surface area contributed by atoms with Crippen LogP contribution in [0.2, 0.25) is 5.02 Å². The van der Waals surface area contributed by atoms with E-state index in [1.807, 2.05) is 85.8 Å². The fraction of sp³-hybridized carbons (Fsp3) is 0.103. The first-order valence-electron chi connectivity index (χ1n) is 11.4. The number of nitrogens with zero attached hydrogens (tertiary/aromatic N) is 1. The Balaban J connectivity index is 1.46. The predicted molar refractivity (Wildman–Crippen MR) is 146 cm³/mol. The van der Waals surface area contributed by atoms with Crippen molar-refractivity contribution in [3.8, 4) is 11.5 Å². The van der Waals surface area contributed by atoms with Crippen molar-refractivity contribution in [3.05, 3.63) is 111 Å². The minimum Gasteiger partial charge on any atom is -0.490 e. The summed E-state index contributed by atoms with van der Waals surface area (Å²) in [7, 11) is 0. The normalized spacial score (nSPS) is 14.1. The summed E-state index contributed by atoms with van der Waals surface area (Å²) in [6.45, 7) is 2.62. The van der Waals surface area contributed by atoms with E-state index in [1.54, 1.807) is 6.08 Å². The molecule has 0 saturated heterocycles. The van der Waals surface area contributed by atoms with E-state index in [2.05, 4.69) is 20.9 Å². The van der Waals surface area contributed by atoms with Crippen molar-refractivity contribution in [2.24, 2.45) is 4.99 Å². The van der Waals surface area contributed by atoms with Gasteiger partial charge in [0.25, 0.3) is 0 Å². The number of carbonyl (C=O) groups excluding carboxylic acids is 1. The van der Waals surface area contributed by atoms with Gasteiger partial charge in [0.2, 0.25) is 5.90 Å². The van der Waals surface area contributed by atoms with E-state index in [0.717, 1.165) is 21.9 Å². The number of hydrogen-bond acceptors (Lipinski definition) is 5. The van der Waals surface area contributed by atoms with Gasteiger partial charge in [0.15, 0.2) is 17.2 Å². The molecule has 1 heterocycles. The van der Waals surface area contributed by atoms with Gasteiger partial charge in [0.05, 0.1) is 11.1 Å². The molecule has 0 aliphatic carbocycles. The van der Waals surface area contributed by atoms with E-state index in [4.69, 9.17) is 25.8 Å². The maximum Gasteiger partial charge on any atom is 0.363 e. The number of hydrogen-bond donors (Lipinski definition) is 0. The molecule has 5 rings (SSSR count). The van der Waals surface area contributed by atoms with Gasteiger partial charge in [0.1, 0.15) is 6.61 Å². The molecular weight excluding hydrogens is 542 g/mol. The lowest BCUT2D eigenvalue weighted by Gasteiger charge is -2.15. The third-order valence-electron chi connectivity index (χ3n) is 5.61. The number of benzene rings is 4. The first-order chi connectivity index (χ1) is 17.5. The Morgan fingerprint density at radius 1 is 1.00 bits per heavy atom. The molecule has 0 amide bonds. The highest BCUT2D eigenvalue weighted by atomic mass is 79.9. The van der Waals surface area contributed by atoms with Gasteiger partial charge >= 0.3 is 5.97 Å². The predicted octanol–water partition coefficient (Wildman–Crippen LogP) is 7.58. The maximum atomic E-state index is 12.7. The van der Waals surface area contributed by atoms with Gasteiger partial charge < -0.3 is 14.2 Å². The van der Waals surface area contributed by atoms with Crippen LogP contribution in [-0.2, 0) is 16.1 Å². The Kier molecular flexibility index (Phi) is 7.07. The summed E-state index contributed by atoms with van der Waals surface area (Å²) in [6, 6.07) is 24.9. The Morgan fingerprint density at radius 3 is 2.61 bits per heavy atom. The molecule has 0 atom stereocenters. The summed E-state index contributed by atoms with van der Waals surface area (Å²) >= 11 is 9.85. The molecule has 1 aliphatic rings. The minimum absolute atomic E-state index is 0.206. The molecule has 0 fully saturated rings. The minimum atomic E-state index is -0.508. The van der Waals surface area contributed by atoms with Crippen LogP contribution < -0.4 is 9.47 Å². The molecule has 0 saturated carbocycles. The van der Waals surface area contributed by atoms with Crippen molar-refractivity contribution in [3.63, 3.8) is 0 Å². The third kappa shape index (κ3) is 5.01. The lowest BCUT2D eigenvalue weighted by atomic mass is 10.0. The number of cyclic esters (lactones) is 1. The molecule has 4 aromatic rings. The van der Waals surface area contributed by atoms with Gasteiger partial charge in [-0.2, -0.15) is 0 Å². The van der Waals surface area contributed by atoms with Gasteiger partial charge in [-0.3, -0.25) is 0 Å². The number of esters is 1. The highest BCUT2D eigenvalue weighted by Gasteiger charge is 2.25. The van der Waals surface area contributed by atoms with E-state index in [0.29, 0.717) is 33.2 Å². The molecule has 0 spiro atoms. The van der Waals surface area contributed by atoms with Crippen LogP contribution in [0.15, 0.2) is 94.0 Å². The van der Waals surface area contributed by atoms with Gasteiger partial charge in [-0.15, -0.1) is 0 Å². The third-order valence-corrected chi connectivity index (χ3v) is 6.56. The molecular formula is C29H21BrClNO4. The maximum absolute atomic E-state index is 12.7. The zero-order chi connectivity index (χ0) is 25.1. The first kappa shape index (κ1) is 24.1. The van der Waals surface area contributed by atoms with Gasteiger partial charge in [-0.05, 0) is 69.5 Å². The first-order valence-corrected chi connectivity index (χ1v) is 12.5. The van der Waals surface area contributed by atoms with Gasteiger partial charge in [-0.25, -0.2) is 9.79 Å². The summed E-state index contributed by atoms with van der Waals surface area (Å²) in [6.07, 6.45) is 1.67. The fourth-order valence-corrected chi connectivity index (χ4v) is 4.70. The number of ether oxygens (including phenoxy) is 3. The van der Waals surface area contributed by atoms with Crippen LogP contribution >= 0.6 is 27.5 Å². The molecule has 4 aromatic carbocycles. The van der Waals surface area contributed by atoms with Crippen LogP contribution in [0.4, 0.5) is 0 Å². The molecule has 180 valence electrons. The lowest BCUT2D eigenvalue weighted by molar-refractivity contribution is -0.129. The van der Waals surface area contributed by atoms with E-state index >= 15 is 0 Å². The topological polar surface area (TPSA) is 57.1 Å². The molecule has 5 nitrogen and oxygen atoms in total. The van der Waals surface area contributed by atoms with Crippen molar-refractivity contribution >= 4 is 56.2 Å². The largest absolute Gasteiger partial charge is 0.490 e. The van der Waals surface area contributed by atoms with Gasteiger partial charge in [-0.1, -0.05) is 66.2 Å². The number of fused-ring (bicyclic) bond motifs is 1. The van der Waals surface area contributed by atoms with Gasteiger partial charge in [0, 0.05) is 16.1 Å². The SMILES string of the molecule is CCOc1cc(/C=C2\N=C(c3cccc4ccccc34)OC2=O)cc(Br)c1OCc1ccccc1Cl. The molecule has 7 heteroatoms. The van der Waals surface area contributed by atoms with Crippen LogP contribution in [0.3, 0.4) is 0 Å². The van der Waals surface area contributed by atoms with E-state index in [9.17, 15) is 4.79 Å². The Bertz CT molecular complexity index is 1520. The molecule has 0 unspecified atom stereocenters. The second-order valence-electron chi connectivity index (χ2n) is 8.01. The summed E-state index contributed by atoms with van der Waals surface area (Å²) in [5.74, 6) is 0.862.